The summed E-state index contributed by atoms with van der Waals surface area (Å²) in [6, 6.07) is 6.49. The fourth-order valence-electron chi connectivity index (χ4n) is 2.85. The highest BCUT2D eigenvalue weighted by Crippen LogP contribution is 2.31. The van der Waals surface area contributed by atoms with E-state index in [0.717, 1.165) is 24.3 Å². The maximum atomic E-state index is 13.8. The van der Waals surface area contributed by atoms with Crippen molar-refractivity contribution in [3.8, 4) is 0 Å². The first-order valence-electron chi connectivity index (χ1n) is 9.85. The van der Waals surface area contributed by atoms with Crippen LogP contribution >= 0.6 is 11.6 Å². The van der Waals surface area contributed by atoms with E-state index in [1.807, 2.05) is 0 Å². The van der Waals surface area contributed by atoms with Gasteiger partial charge in [0.2, 0.25) is 11.9 Å². The Labute approximate surface area is 207 Å². The van der Waals surface area contributed by atoms with Crippen LogP contribution in [-0.4, -0.2) is 27.6 Å². The van der Waals surface area contributed by atoms with E-state index in [4.69, 9.17) is 17.3 Å². The van der Waals surface area contributed by atoms with Crippen LogP contribution in [-0.2, 0) is 23.7 Å². The number of alkyl halides is 6. The third-order valence-corrected chi connectivity index (χ3v) is 4.63. The van der Waals surface area contributed by atoms with Crippen LogP contribution in [0.15, 0.2) is 53.5 Å². The lowest BCUT2D eigenvalue weighted by atomic mass is 10.1. The highest BCUT2D eigenvalue weighted by atomic mass is 35.5. The average molecular weight is 551 g/mol. The van der Waals surface area contributed by atoms with Crippen LogP contribution in [0.1, 0.15) is 21.6 Å². The fourth-order valence-corrected chi connectivity index (χ4v) is 3.08. The molecule has 16 heteroatoms. The molecule has 2 aromatic carbocycles. The summed E-state index contributed by atoms with van der Waals surface area (Å²) in [4.78, 5) is 27.8. The molecule has 0 saturated heterocycles. The summed E-state index contributed by atoms with van der Waals surface area (Å²) >= 11 is 5.79. The molecule has 0 aliphatic heterocycles. The summed E-state index contributed by atoms with van der Waals surface area (Å²) in [7, 11) is 0. The molecule has 4 N–H and O–H groups in total. The third kappa shape index (κ3) is 7.42. The highest BCUT2D eigenvalue weighted by Gasteiger charge is 2.35. The minimum absolute atomic E-state index is 0.0888. The van der Waals surface area contributed by atoms with E-state index in [1.54, 1.807) is 0 Å². The number of nitrogens with two attached hydrogens (primary N) is 1. The van der Waals surface area contributed by atoms with Gasteiger partial charge in [0, 0.05) is 22.3 Å². The number of primary amides is 1. The highest BCUT2D eigenvalue weighted by molar-refractivity contribution is 6.31. The van der Waals surface area contributed by atoms with Crippen molar-refractivity contribution in [1.29, 1.82) is 0 Å². The van der Waals surface area contributed by atoms with Gasteiger partial charge in [-0.15, -0.1) is 0 Å². The molecule has 3 aromatic rings. The normalized spacial score (nSPS) is 12.4. The molecule has 1 aromatic heterocycles. The molecule has 0 bridgehead atoms. The van der Waals surface area contributed by atoms with E-state index >= 15 is 0 Å². The minimum atomic E-state index is -4.93. The smallest absolute Gasteiger partial charge is 0.368 e. The first-order chi connectivity index (χ1) is 17.1. The number of aliphatic imine (C=N–C) groups is 1. The van der Waals surface area contributed by atoms with Crippen molar-refractivity contribution in [3.05, 3.63) is 76.2 Å². The number of carbonyl (C=O) groups excluding carboxylic acids is 2. The summed E-state index contributed by atoms with van der Waals surface area (Å²) < 4.78 is 92.2. The third-order valence-electron chi connectivity index (χ3n) is 4.41. The Hall–Kier alpha value is -4.14. The lowest BCUT2D eigenvalue weighted by molar-refractivity contribution is -0.141. The number of rotatable bonds is 5. The van der Waals surface area contributed by atoms with Gasteiger partial charge in [-0.25, -0.2) is 9.07 Å². The van der Waals surface area contributed by atoms with Gasteiger partial charge in [-0.2, -0.15) is 36.4 Å². The largest absolute Gasteiger partial charge is 0.435 e. The number of hydrogen-bond donors (Lipinski definition) is 3. The van der Waals surface area contributed by atoms with Crippen molar-refractivity contribution in [3.63, 3.8) is 0 Å². The second kappa shape index (κ2) is 10.5. The van der Waals surface area contributed by atoms with Gasteiger partial charge in [-0.1, -0.05) is 11.6 Å². The Kier molecular flexibility index (Phi) is 7.76. The van der Waals surface area contributed by atoms with Crippen LogP contribution in [0.2, 0.25) is 5.02 Å². The monoisotopic (exact) mass is 550 g/mol. The molecule has 8 nitrogen and oxygen atoms in total. The van der Waals surface area contributed by atoms with Crippen molar-refractivity contribution in [2.75, 3.05) is 5.32 Å². The zero-order valence-corrected chi connectivity index (χ0v) is 18.8. The first kappa shape index (κ1) is 27.4. The zero-order chi connectivity index (χ0) is 27.5. The average Bonchev–Trinajstić information content (AvgIpc) is 3.14. The molecule has 0 radical (unpaired) electrons. The van der Waals surface area contributed by atoms with Crippen LogP contribution in [0.25, 0.3) is 0 Å². The summed E-state index contributed by atoms with van der Waals surface area (Å²) in [5, 5.41) is 7.77. The predicted octanol–water partition coefficient (Wildman–Crippen LogP) is 4.73. The van der Waals surface area contributed by atoms with Gasteiger partial charge in [-0.05, 0) is 42.5 Å². The molecule has 0 unspecified atom stereocenters. The summed E-state index contributed by atoms with van der Waals surface area (Å²) in [5.41, 5.74) is 2.21. The molecule has 2 amide bonds. The molecular formula is C21H14ClF7N6O2. The number of anilines is 1. The molecule has 0 atom stereocenters. The number of nitrogens with one attached hydrogen (secondary N) is 2. The second-order valence-electron chi connectivity index (χ2n) is 7.28. The van der Waals surface area contributed by atoms with Gasteiger partial charge in [0.25, 0.3) is 5.91 Å². The summed E-state index contributed by atoms with van der Waals surface area (Å²) in [6.07, 6.45) is -9.59. The zero-order valence-electron chi connectivity index (χ0n) is 18.1. The van der Waals surface area contributed by atoms with Crippen LogP contribution in [0.4, 0.5) is 42.2 Å². The Morgan fingerprint density at radius 1 is 1.00 bits per heavy atom. The molecule has 0 aliphatic carbocycles. The van der Waals surface area contributed by atoms with Gasteiger partial charge in [0.15, 0.2) is 11.5 Å². The lowest BCUT2D eigenvalue weighted by Gasteiger charge is -2.13. The van der Waals surface area contributed by atoms with Crippen LogP contribution < -0.4 is 16.4 Å². The van der Waals surface area contributed by atoms with Crippen molar-refractivity contribution >= 4 is 40.9 Å². The number of carbonyl (C=O) groups is 2. The maximum absolute atomic E-state index is 13.8. The van der Waals surface area contributed by atoms with E-state index in [9.17, 15) is 40.3 Å². The van der Waals surface area contributed by atoms with Gasteiger partial charge in [-0.3, -0.25) is 14.9 Å². The molecular weight excluding hydrogens is 537 g/mol. The SMILES string of the molecule is NC(=O)Cn1nc(C(F)(F)F)cc1N=C(NC(=O)c1ccc(C(F)(F)F)cc1)Nc1cc(F)cc(Cl)c1. The topological polar surface area (TPSA) is 114 Å². The number of hydrogen-bond acceptors (Lipinski definition) is 4. The van der Waals surface area contributed by atoms with Gasteiger partial charge in [0.05, 0.1) is 5.56 Å². The van der Waals surface area contributed by atoms with E-state index in [1.165, 1.54) is 6.07 Å². The Morgan fingerprint density at radius 2 is 1.65 bits per heavy atom. The van der Waals surface area contributed by atoms with E-state index in [0.29, 0.717) is 22.9 Å². The Bertz CT molecular complexity index is 1330. The molecule has 196 valence electrons. The summed E-state index contributed by atoms with van der Waals surface area (Å²) in [5.74, 6) is -4.11. The standard InChI is InChI=1S/C21H14ClF7N6O2/c22-12-5-13(23)7-14(6-12)31-19(33-18(37)10-1-3-11(4-2-10)20(24,25)26)32-17-8-15(21(27,28)29)34-35(17)9-16(30)36/h1-8H,9H2,(H2,30,36)(H2,31,32,33,37). The molecule has 37 heavy (non-hydrogen) atoms. The van der Waals surface area contributed by atoms with Gasteiger partial charge >= 0.3 is 12.4 Å². The molecule has 1 heterocycles. The summed E-state index contributed by atoms with van der Waals surface area (Å²) in [6.45, 7) is -0.819. The minimum Gasteiger partial charge on any atom is -0.368 e. The Balaban J connectivity index is 2.03. The molecule has 0 saturated carbocycles. The number of nitrogens with zero attached hydrogens (tertiary/aromatic N) is 3. The van der Waals surface area contributed by atoms with Gasteiger partial charge in [0.1, 0.15) is 12.4 Å². The van der Waals surface area contributed by atoms with E-state index < -0.39 is 59.6 Å². The molecule has 3 rings (SSSR count). The predicted molar refractivity (Wildman–Crippen MR) is 117 cm³/mol. The van der Waals surface area contributed by atoms with Crippen LogP contribution in [0, 0.1) is 5.82 Å². The Morgan fingerprint density at radius 3 is 2.19 bits per heavy atom. The number of amides is 2. The first-order valence-corrected chi connectivity index (χ1v) is 10.2. The molecule has 0 aliphatic rings. The maximum Gasteiger partial charge on any atom is 0.435 e. The number of aromatic nitrogens is 2. The van der Waals surface area contributed by atoms with Gasteiger partial charge < -0.3 is 11.1 Å². The number of guanidine groups is 1. The number of benzene rings is 2. The second-order valence-corrected chi connectivity index (χ2v) is 7.72. The van der Waals surface area contributed by atoms with Crippen molar-refractivity contribution in [2.45, 2.75) is 18.9 Å². The van der Waals surface area contributed by atoms with Crippen molar-refractivity contribution < 1.29 is 40.3 Å². The van der Waals surface area contributed by atoms with Crippen molar-refractivity contribution in [2.24, 2.45) is 10.7 Å². The fraction of sp³-hybridized carbons (Fsp3) is 0.143. The van der Waals surface area contributed by atoms with Crippen LogP contribution in [0.3, 0.4) is 0 Å². The quantitative estimate of drug-likeness (QED) is 0.242. The van der Waals surface area contributed by atoms with E-state index in [2.05, 4.69) is 20.7 Å². The van der Waals surface area contributed by atoms with Crippen molar-refractivity contribution in [1.82, 2.24) is 15.1 Å². The lowest BCUT2D eigenvalue weighted by Crippen LogP contribution is -2.36. The van der Waals surface area contributed by atoms with E-state index in [-0.39, 0.29) is 16.3 Å². The molecule has 0 spiro atoms. The van der Waals surface area contributed by atoms with Crippen LogP contribution in [0.5, 0.6) is 0 Å². The number of halogens is 8. The molecule has 0 fully saturated rings.